The fraction of sp³-hybridized carbons (Fsp3) is 0.304. The molecule has 1 aliphatic rings. The molecular weight excluding hydrogens is 398 g/mol. The molecule has 2 amide bonds. The number of carbonyl (C=O) groups is 3. The molecule has 0 aromatic heterocycles. The molecule has 2 aromatic rings. The molecule has 0 spiro atoms. The molecule has 0 aliphatic heterocycles. The smallest absolute Gasteiger partial charge is 0.332 e. The van der Waals surface area contributed by atoms with Crippen molar-refractivity contribution in [2.24, 2.45) is 10.8 Å². The van der Waals surface area contributed by atoms with Crippen molar-refractivity contribution in [3.8, 4) is 11.1 Å². The number of hydrogen-bond acceptors (Lipinski definition) is 6. The molecule has 3 N–H and O–H groups in total. The molecule has 1 aliphatic carbocycles. The van der Waals surface area contributed by atoms with Crippen LogP contribution in [0.25, 0.3) is 11.1 Å². The van der Waals surface area contributed by atoms with E-state index in [2.05, 4.69) is 10.5 Å². The van der Waals surface area contributed by atoms with Gasteiger partial charge in [0.1, 0.15) is 0 Å². The van der Waals surface area contributed by atoms with E-state index >= 15 is 0 Å². The number of urea groups is 1. The zero-order valence-corrected chi connectivity index (χ0v) is 17.5. The lowest BCUT2D eigenvalue weighted by Gasteiger charge is -2.13. The zero-order valence-electron chi connectivity index (χ0n) is 17.5. The largest absolute Gasteiger partial charge is 0.468 e. The second-order valence-electron chi connectivity index (χ2n) is 7.24. The molecule has 0 bridgehead atoms. The first-order chi connectivity index (χ1) is 14.9. The van der Waals surface area contributed by atoms with Crippen molar-refractivity contribution in [2.75, 3.05) is 13.7 Å². The van der Waals surface area contributed by atoms with E-state index < -0.39 is 17.4 Å². The van der Waals surface area contributed by atoms with Crippen LogP contribution in [0.15, 0.2) is 53.6 Å². The van der Waals surface area contributed by atoms with Gasteiger partial charge in [0, 0.05) is 0 Å². The number of rotatable bonds is 8. The summed E-state index contributed by atoms with van der Waals surface area (Å²) in [4.78, 5) is 34.9. The average molecular weight is 423 g/mol. The molecule has 162 valence electrons. The highest BCUT2D eigenvalue weighted by molar-refractivity contribution is 6.09. The lowest BCUT2D eigenvalue weighted by molar-refractivity contribution is -0.144. The first-order valence-electron chi connectivity index (χ1n) is 9.97. The Hall–Kier alpha value is -3.68. The third-order valence-corrected chi connectivity index (χ3v) is 5.23. The predicted molar refractivity (Wildman–Crippen MR) is 115 cm³/mol. The van der Waals surface area contributed by atoms with Gasteiger partial charge in [-0.1, -0.05) is 48.5 Å². The van der Waals surface area contributed by atoms with Crippen LogP contribution in [0, 0.1) is 0 Å². The van der Waals surface area contributed by atoms with Crippen molar-refractivity contribution in [3.63, 3.8) is 0 Å². The van der Waals surface area contributed by atoms with Crippen LogP contribution in [0.1, 0.15) is 37.3 Å². The molecule has 0 unspecified atom stereocenters. The summed E-state index contributed by atoms with van der Waals surface area (Å²) in [5.74, 6) is -0.644. The first-order valence-corrected chi connectivity index (χ1v) is 9.97. The highest BCUT2D eigenvalue weighted by atomic mass is 16.5. The number of amides is 2. The predicted octanol–water partition coefficient (Wildman–Crippen LogP) is 2.88. The second-order valence-corrected chi connectivity index (χ2v) is 7.24. The number of nitrogens with zero attached hydrogens (tertiary/aromatic N) is 1. The van der Waals surface area contributed by atoms with Crippen molar-refractivity contribution in [2.45, 2.75) is 31.6 Å². The number of methoxy groups -OCH3 is 1. The van der Waals surface area contributed by atoms with Crippen molar-refractivity contribution in [3.05, 3.63) is 59.7 Å². The lowest BCUT2D eigenvalue weighted by Crippen LogP contribution is -2.26. The Morgan fingerprint density at radius 1 is 1.03 bits per heavy atom. The van der Waals surface area contributed by atoms with Crippen LogP contribution < -0.4 is 11.2 Å². The Balaban J connectivity index is 1.79. The summed E-state index contributed by atoms with van der Waals surface area (Å²) in [5.41, 5.74) is 10.6. The van der Waals surface area contributed by atoms with E-state index in [1.807, 2.05) is 36.4 Å². The third kappa shape index (κ3) is 5.09. The summed E-state index contributed by atoms with van der Waals surface area (Å²) in [6, 6.07) is 14.4. The molecule has 8 heteroatoms. The Labute approximate surface area is 180 Å². The van der Waals surface area contributed by atoms with Crippen LogP contribution >= 0.6 is 0 Å². The third-order valence-electron chi connectivity index (χ3n) is 5.23. The van der Waals surface area contributed by atoms with E-state index in [0.29, 0.717) is 11.3 Å². The van der Waals surface area contributed by atoms with Gasteiger partial charge in [-0.25, -0.2) is 10.2 Å². The Morgan fingerprint density at radius 3 is 2.10 bits per heavy atom. The van der Waals surface area contributed by atoms with Crippen LogP contribution in [0.5, 0.6) is 0 Å². The van der Waals surface area contributed by atoms with Gasteiger partial charge in [0.05, 0.1) is 31.3 Å². The number of primary amides is 1. The molecule has 1 saturated carbocycles. The number of hydrazone groups is 1. The lowest BCUT2D eigenvalue weighted by atomic mass is 9.93. The van der Waals surface area contributed by atoms with Crippen LogP contribution in [0.3, 0.4) is 0 Å². The zero-order chi connectivity index (χ0) is 22.4. The molecule has 31 heavy (non-hydrogen) atoms. The van der Waals surface area contributed by atoms with E-state index in [4.69, 9.17) is 15.2 Å². The van der Waals surface area contributed by atoms with E-state index in [0.717, 1.165) is 29.5 Å². The number of ether oxygens (including phenoxy) is 2. The van der Waals surface area contributed by atoms with E-state index in [1.54, 1.807) is 19.1 Å². The molecule has 0 atom stereocenters. The standard InChI is InChI=1S/C23H25N3O5/c1-3-31-20(27)14-19(25-26-22(24)29)17-6-4-15(5-7-17)16-8-10-18(11-9-16)23(12-13-23)21(28)30-2/h4-11H,3,12-14H2,1-2H3,(H3,24,26,29). The van der Waals surface area contributed by atoms with E-state index in [9.17, 15) is 14.4 Å². The van der Waals surface area contributed by atoms with Gasteiger partial charge in [-0.05, 0) is 42.0 Å². The van der Waals surface area contributed by atoms with Crippen LogP contribution in [-0.2, 0) is 24.5 Å². The van der Waals surface area contributed by atoms with Gasteiger partial charge < -0.3 is 15.2 Å². The number of nitrogens with two attached hydrogens (primary N) is 1. The van der Waals surface area contributed by atoms with Gasteiger partial charge in [-0.2, -0.15) is 5.10 Å². The highest BCUT2D eigenvalue weighted by Crippen LogP contribution is 2.49. The summed E-state index contributed by atoms with van der Waals surface area (Å²) >= 11 is 0. The summed E-state index contributed by atoms with van der Waals surface area (Å²) < 4.78 is 9.91. The second kappa shape index (κ2) is 9.42. The Kier molecular flexibility index (Phi) is 6.69. The number of benzene rings is 2. The average Bonchev–Trinajstić information content (AvgIpc) is 3.58. The normalized spacial score (nSPS) is 14.5. The summed E-state index contributed by atoms with van der Waals surface area (Å²) in [7, 11) is 1.41. The van der Waals surface area contributed by atoms with E-state index in [-0.39, 0.29) is 19.0 Å². The molecule has 1 fully saturated rings. The fourth-order valence-electron chi connectivity index (χ4n) is 3.45. The maximum atomic E-state index is 12.1. The van der Waals surface area contributed by atoms with Crippen molar-refractivity contribution in [1.29, 1.82) is 0 Å². The van der Waals surface area contributed by atoms with Crippen LogP contribution in [0.4, 0.5) is 4.79 Å². The van der Waals surface area contributed by atoms with Crippen molar-refractivity contribution in [1.82, 2.24) is 5.43 Å². The van der Waals surface area contributed by atoms with Gasteiger partial charge in [-0.3, -0.25) is 9.59 Å². The Bertz CT molecular complexity index is 993. The molecule has 0 saturated heterocycles. The minimum Gasteiger partial charge on any atom is -0.468 e. The van der Waals surface area contributed by atoms with Crippen LogP contribution in [0.2, 0.25) is 0 Å². The fourth-order valence-corrected chi connectivity index (χ4v) is 3.45. The molecule has 0 radical (unpaired) electrons. The highest BCUT2D eigenvalue weighted by Gasteiger charge is 2.52. The maximum Gasteiger partial charge on any atom is 0.332 e. The monoisotopic (exact) mass is 423 g/mol. The number of esters is 2. The molecule has 0 heterocycles. The number of nitrogens with one attached hydrogen (secondary N) is 1. The van der Waals surface area contributed by atoms with Crippen molar-refractivity contribution >= 4 is 23.7 Å². The van der Waals surface area contributed by atoms with E-state index in [1.165, 1.54) is 7.11 Å². The maximum absolute atomic E-state index is 12.1. The summed E-state index contributed by atoms with van der Waals surface area (Å²) in [6.45, 7) is 1.97. The van der Waals surface area contributed by atoms with Gasteiger partial charge >= 0.3 is 18.0 Å². The minimum atomic E-state index is -0.821. The van der Waals surface area contributed by atoms with Gasteiger partial charge in [0.25, 0.3) is 0 Å². The molecular formula is C23H25N3O5. The minimum absolute atomic E-state index is 0.0994. The van der Waals surface area contributed by atoms with Crippen molar-refractivity contribution < 1.29 is 23.9 Å². The Morgan fingerprint density at radius 2 is 1.61 bits per heavy atom. The van der Waals surface area contributed by atoms with Gasteiger partial charge in [-0.15, -0.1) is 0 Å². The topological polar surface area (TPSA) is 120 Å². The molecule has 8 nitrogen and oxygen atoms in total. The first kappa shape index (κ1) is 22.0. The quantitative estimate of drug-likeness (QED) is 0.384. The van der Waals surface area contributed by atoms with Crippen LogP contribution in [-0.4, -0.2) is 37.4 Å². The number of hydrogen-bond donors (Lipinski definition) is 2. The SMILES string of the molecule is CCOC(=O)CC(=NNC(N)=O)c1ccc(-c2ccc(C3(C(=O)OC)CC3)cc2)cc1. The van der Waals surface area contributed by atoms with Gasteiger partial charge in [0.15, 0.2) is 0 Å². The van der Waals surface area contributed by atoms with Gasteiger partial charge in [0.2, 0.25) is 0 Å². The summed E-state index contributed by atoms with van der Waals surface area (Å²) in [5, 5.41) is 3.94. The summed E-state index contributed by atoms with van der Waals surface area (Å²) in [6.07, 6.45) is 1.50. The number of carbonyl (C=O) groups excluding carboxylic acids is 3. The molecule has 2 aromatic carbocycles. The molecule has 3 rings (SSSR count).